The van der Waals surface area contributed by atoms with Gasteiger partial charge in [0.1, 0.15) is 12.3 Å². The van der Waals surface area contributed by atoms with Crippen molar-refractivity contribution in [3.05, 3.63) is 65.2 Å². The molecule has 1 aliphatic heterocycles. The molecule has 3 N–H and O–H groups in total. The van der Waals surface area contributed by atoms with Gasteiger partial charge in [-0.2, -0.15) is 0 Å². The second kappa shape index (κ2) is 8.17. The Morgan fingerprint density at radius 2 is 1.84 bits per heavy atom. The summed E-state index contributed by atoms with van der Waals surface area (Å²) in [5.41, 5.74) is 3.53. The number of benzene rings is 2. The second-order valence-corrected chi connectivity index (χ2v) is 7.07. The first-order valence-electron chi connectivity index (χ1n) is 9.05. The van der Waals surface area contributed by atoms with Crippen LogP contribution >= 0.6 is 0 Å². The molecule has 1 fully saturated rings. The van der Waals surface area contributed by atoms with Gasteiger partial charge in [-0.3, -0.25) is 4.79 Å². The van der Waals surface area contributed by atoms with Crippen molar-refractivity contribution in [2.75, 3.05) is 13.1 Å². The highest BCUT2D eigenvalue weighted by atomic mass is 16.3. The molecule has 1 heterocycles. The van der Waals surface area contributed by atoms with Crippen LogP contribution in [0.25, 0.3) is 0 Å². The number of carbonyl (C=O) groups excluding carboxylic acids is 1. The highest BCUT2D eigenvalue weighted by Gasteiger charge is 2.27. The Bertz CT molecular complexity index is 704. The van der Waals surface area contributed by atoms with Crippen LogP contribution in [-0.4, -0.2) is 24.1 Å². The number of phenolic OH excluding ortho intramolecular Hbond substituents is 1. The van der Waals surface area contributed by atoms with Crippen LogP contribution in [0.2, 0.25) is 0 Å². The number of rotatable bonds is 5. The minimum absolute atomic E-state index is 0.123. The van der Waals surface area contributed by atoms with E-state index in [-0.39, 0.29) is 11.8 Å². The Kier molecular flexibility index (Phi) is 5.71. The Morgan fingerprint density at radius 3 is 2.52 bits per heavy atom. The molecular weight excluding hydrogens is 312 g/mol. The molecule has 3 rings (SSSR count). The number of carbonyl (C=O) groups is 1. The van der Waals surface area contributed by atoms with Gasteiger partial charge in [0.15, 0.2) is 0 Å². The fourth-order valence-corrected chi connectivity index (χ4v) is 3.46. The standard InChI is InChI=1S/C21H26N2O2/c1-16-5-7-17(8-6-16)14-22-21(25)19-9-11-23(12-10-19)15-18-3-2-4-20(24)13-18/h2-8,13,19,24H,9-12,14-15H2,1H3,(H,22,25)/p+1. The number of phenols is 1. The van der Waals surface area contributed by atoms with Gasteiger partial charge in [0.25, 0.3) is 0 Å². The molecule has 132 valence electrons. The van der Waals surface area contributed by atoms with Gasteiger partial charge >= 0.3 is 0 Å². The molecule has 1 aliphatic rings. The third-order valence-corrected chi connectivity index (χ3v) is 5.02. The largest absolute Gasteiger partial charge is 0.508 e. The molecule has 0 aromatic heterocycles. The second-order valence-electron chi connectivity index (χ2n) is 7.07. The lowest BCUT2D eigenvalue weighted by Gasteiger charge is -2.28. The van der Waals surface area contributed by atoms with E-state index in [0.29, 0.717) is 12.3 Å². The topological polar surface area (TPSA) is 53.8 Å². The number of aryl methyl sites for hydroxylation is 1. The third kappa shape index (κ3) is 5.07. The van der Waals surface area contributed by atoms with Gasteiger partial charge in [0.05, 0.1) is 13.1 Å². The summed E-state index contributed by atoms with van der Waals surface area (Å²) in [6.45, 7) is 5.58. The Hall–Kier alpha value is -2.33. The van der Waals surface area contributed by atoms with Crippen LogP contribution in [0.3, 0.4) is 0 Å². The Morgan fingerprint density at radius 1 is 1.12 bits per heavy atom. The summed E-state index contributed by atoms with van der Waals surface area (Å²) in [4.78, 5) is 13.9. The normalized spacial score (nSPS) is 20.2. The monoisotopic (exact) mass is 339 g/mol. The molecule has 2 aromatic carbocycles. The molecule has 0 unspecified atom stereocenters. The van der Waals surface area contributed by atoms with Crippen LogP contribution in [0.5, 0.6) is 5.75 Å². The van der Waals surface area contributed by atoms with Crippen molar-refractivity contribution in [2.24, 2.45) is 5.92 Å². The number of nitrogens with one attached hydrogen (secondary N) is 2. The molecule has 25 heavy (non-hydrogen) atoms. The lowest BCUT2D eigenvalue weighted by molar-refractivity contribution is -0.919. The molecule has 0 saturated carbocycles. The zero-order valence-electron chi connectivity index (χ0n) is 14.8. The van der Waals surface area contributed by atoms with Crippen molar-refractivity contribution in [3.63, 3.8) is 0 Å². The number of quaternary nitrogens is 1. The van der Waals surface area contributed by atoms with Gasteiger partial charge in [-0.1, -0.05) is 42.0 Å². The van der Waals surface area contributed by atoms with Crippen molar-refractivity contribution < 1.29 is 14.8 Å². The minimum Gasteiger partial charge on any atom is -0.508 e. The lowest BCUT2D eigenvalue weighted by atomic mass is 9.95. The summed E-state index contributed by atoms with van der Waals surface area (Å²) >= 11 is 0. The fourth-order valence-electron chi connectivity index (χ4n) is 3.46. The lowest BCUT2D eigenvalue weighted by Crippen LogP contribution is -3.11. The molecule has 4 heteroatoms. The maximum Gasteiger partial charge on any atom is 0.223 e. The van der Waals surface area contributed by atoms with Gasteiger partial charge in [-0.15, -0.1) is 0 Å². The summed E-state index contributed by atoms with van der Waals surface area (Å²) in [6, 6.07) is 15.7. The summed E-state index contributed by atoms with van der Waals surface area (Å²) in [5.74, 6) is 0.623. The number of likely N-dealkylation sites (tertiary alicyclic amines) is 1. The van der Waals surface area contributed by atoms with Gasteiger partial charge in [0, 0.05) is 30.9 Å². The highest BCUT2D eigenvalue weighted by molar-refractivity contribution is 5.78. The van der Waals surface area contributed by atoms with E-state index >= 15 is 0 Å². The number of aromatic hydroxyl groups is 1. The quantitative estimate of drug-likeness (QED) is 0.778. The van der Waals surface area contributed by atoms with Crippen molar-refractivity contribution in [3.8, 4) is 5.75 Å². The van der Waals surface area contributed by atoms with Crippen LogP contribution in [0.1, 0.15) is 29.5 Å². The average Bonchev–Trinajstić information content (AvgIpc) is 2.62. The van der Waals surface area contributed by atoms with Crippen molar-refractivity contribution >= 4 is 5.91 Å². The van der Waals surface area contributed by atoms with Crippen molar-refractivity contribution in [1.29, 1.82) is 0 Å². The van der Waals surface area contributed by atoms with Crippen LogP contribution in [0.4, 0.5) is 0 Å². The summed E-state index contributed by atoms with van der Waals surface area (Å²) in [5, 5.41) is 12.6. The van der Waals surface area contributed by atoms with Crippen LogP contribution in [-0.2, 0) is 17.9 Å². The predicted octanol–water partition coefficient (Wildman–Crippen LogP) is 1.81. The van der Waals surface area contributed by atoms with Crippen LogP contribution in [0, 0.1) is 12.8 Å². The first kappa shape index (κ1) is 17.5. The molecule has 0 bridgehead atoms. The van der Waals surface area contributed by atoms with Crippen molar-refractivity contribution in [1.82, 2.24) is 5.32 Å². The van der Waals surface area contributed by atoms with E-state index in [0.717, 1.165) is 43.6 Å². The maximum atomic E-state index is 12.4. The summed E-state index contributed by atoms with van der Waals surface area (Å²) < 4.78 is 0. The smallest absolute Gasteiger partial charge is 0.223 e. The van der Waals surface area contributed by atoms with E-state index in [4.69, 9.17) is 0 Å². The number of amides is 1. The molecule has 1 amide bonds. The molecular formula is C21H27N2O2+. The zero-order valence-corrected chi connectivity index (χ0v) is 14.8. The van der Waals surface area contributed by atoms with Crippen molar-refractivity contribution in [2.45, 2.75) is 32.9 Å². The van der Waals surface area contributed by atoms with Gasteiger partial charge in [-0.05, 0) is 24.6 Å². The van der Waals surface area contributed by atoms with E-state index in [1.807, 2.05) is 18.2 Å². The average molecular weight is 339 g/mol. The number of hydrogen-bond donors (Lipinski definition) is 3. The Labute approximate surface area is 149 Å². The maximum absolute atomic E-state index is 12.4. The third-order valence-electron chi connectivity index (χ3n) is 5.02. The van der Waals surface area contributed by atoms with E-state index in [1.54, 1.807) is 6.07 Å². The van der Waals surface area contributed by atoms with E-state index < -0.39 is 0 Å². The molecule has 1 saturated heterocycles. The van der Waals surface area contributed by atoms with Crippen LogP contribution < -0.4 is 10.2 Å². The van der Waals surface area contributed by atoms with Gasteiger partial charge < -0.3 is 15.3 Å². The van der Waals surface area contributed by atoms with Crippen LogP contribution in [0.15, 0.2) is 48.5 Å². The first-order valence-corrected chi connectivity index (χ1v) is 9.05. The first-order chi connectivity index (χ1) is 12.1. The fraction of sp³-hybridized carbons (Fsp3) is 0.381. The summed E-state index contributed by atoms with van der Waals surface area (Å²) in [7, 11) is 0. The predicted molar refractivity (Wildman–Crippen MR) is 98.3 cm³/mol. The van der Waals surface area contributed by atoms with E-state index in [1.165, 1.54) is 10.5 Å². The highest BCUT2D eigenvalue weighted by Crippen LogP contribution is 2.13. The SMILES string of the molecule is Cc1ccc(CNC(=O)C2CC[NH+](Cc3cccc(O)c3)CC2)cc1. The zero-order chi connectivity index (χ0) is 17.6. The molecule has 0 aliphatic carbocycles. The number of hydrogen-bond acceptors (Lipinski definition) is 2. The molecule has 2 aromatic rings. The molecule has 4 nitrogen and oxygen atoms in total. The minimum atomic E-state index is 0.123. The Balaban J connectivity index is 1.43. The van der Waals surface area contributed by atoms with E-state index in [2.05, 4.69) is 36.5 Å². The van der Waals surface area contributed by atoms with Gasteiger partial charge in [-0.25, -0.2) is 0 Å². The number of piperidine rings is 1. The molecule has 0 spiro atoms. The van der Waals surface area contributed by atoms with E-state index in [9.17, 15) is 9.90 Å². The molecule has 0 atom stereocenters. The van der Waals surface area contributed by atoms with Gasteiger partial charge in [0.2, 0.25) is 5.91 Å². The molecule has 0 radical (unpaired) electrons. The summed E-state index contributed by atoms with van der Waals surface area (Å²) in [6.07, 6.45) is 1.85.